The number of fused-ring (bicyclic) bond motifs is 1. The van der Waals surface area contributed by atoms with Crippen molar-refractivity contribution in [3.8, 4) is 0 Å². The van der Waals surface area contributed by atoms with E-state index in [2.05, 4.69) is 26.0 Å². The summed E-state index contributed by atoms with van der Waals surface area (Å²) in [7, 11) is 0. The molecule has 2 rings (SSSR count). The molecule has 1 aromatic rings. The molecule has 0 aliphatic carbocycles. The molecule has 0 saturated heterocycles. The highest BCUT2D eigenvalue weighted by molar-refractivity contribution is 5.68. The summed E-state index contributed by atoms with van der Waals surface area (Å²) in [4.78, 5) is 14.1. The number of benzene rings is 1. The van der Waals surface area contributed by atoms with Crippen molar-refractivity contribution >= 4 is 6.09 Å². The van der Waals surface area contributed by atoms with Crippen molar-refractivity contribution in [3.63, 3.8) is 0 Å². The average Bonchev–Trinajstić information content (AvgIpc) is 2.49. The fraction of sp³-hybridized carbons (Fsp3) is 0.588. The Morgan fingerprint density at radius 2 is 1.90 bits per heavy atom. The van der Waals surface area contributed by atoms with Crippen LogP contribution < -0.4 is 5.73 Å². The molecule has 1 aliphatic heterocycles. The number of rotatable bonds is 0. The van der Waals surface area contributed by atoms with Crippen LogP contribution in [0.5, 0.6) is 0 Å². The monoisotopic (exact) mass is 290 g/mol. The summed E-state index contributed by atoms with van der Waals surface area (Å²) in [5, 5.41) is 0. The molecule has 1 amide bonds. The van der Waals surface area contributed by atoms with Gasteiger partial charge in [0.1, 0.15) is 5.60 Å². The van der Waals surface area contributed by atoms with E-state index in [9.17, 15) is 4.79 Å². The Hall–Kier alpha value is -1.55. The van der Waals surface area contributed by atoms with Gasteiger partial charge in [-0.25, -0.2) is 4.79 Å². The molecule has 0 radical (unpaired) electrons. The molecule has 1 atom stereocenters. The highest BCUT2D eigenvalue weighted by atomic mass is 16.6. The van der Waals surface area contributed by atoms with Crippen molar-refractivity contribution in [2.75, 3.05) is 6.54 Å². The molecule has 0 bridgehead atoms. The predicted octanol–water partition coefficient (Wildman–Crippen LogP) is 3.44. The van der Waals surface area contributed by atoms with E-state index in [0.29, 0.717) is 13.1 Å². The van der Waals surface area contributed by atoms with Crippen LogP contribution in [-0.2, 0) is 11.3 Å². The first-order chi connectivity index (χ1) is 9.67. The number of nitrogens with zero attached hydrogens (tertiary/aromatic N) is 1. The van der Waals surface area contributed by atoms with Gasteiger partial charge in [0.05, 0.1) is 0 Å². The van der Waals surface area contributed by atoms with E-state index in [1.807, 2.05) is 20.8 Å². The largest absolute Gasteiger partial charge is 0.444 e. The fourth-order valence-corrected chi connectivity index (χ4v) is 2.60. The first-order valence-corrected chi connectivity index (χ1v) is 7.51. The number of hydrogen-bond donors (Lipinski definition) is 1. The second-order valence-electron chi connectivity index (χ2n) is 6.93. The minimum Gasteiger partial charge on any atom is -0.444 e. The van der Waals surface area contributed by atoms with Gasteiger partial charge in [-0.3, -0.25) is 0 Å². The molecule has 1 unspecified atom stereocenters. The number of aryl methyl sites for hydroxylation is 2. The number of nitrogens with two attached hydrogens (primary N) is 1. The van der Waals surface area contributed by atoms with E-state index >= 15 is 0 Å². The number of hydrogen-bond acceptors (Lipinski definition) is 3. The second-order valence-corrected chi connectivity index (χ2v) is 6.93. The molecule has 1 aromatic carbocycles. The lowest BCUT2D eigenvalue weighted by molar-refractivity contribution is 0.0235. The van der Waals surface area contributed by atoms with E-state index in [1.54, 1.807) is 4.90 Å². The summed E-state index contributed by atoms with van der Waals surface area (Å²) in [6.07, 6.45) is 0.496. The smallest absolute Gasteiger partial charge is 0.410 e. The van der Waals surface area contributed by atoms with E-state index in [4.69, 9.17) is 10.5 Å². The minimum absolute atomic E-state index is 0.0215. The van der Waals surface area contributed by atoms with Gasteiger partial charge in [-0.2, -0.15) is 0 Å². The van der Waals surface area contributed by atoms with Gasteiger partial charge < -0.3 is 15.4 Å². The lowest BCUT2D eigenvalue weighted by Crippen LogP contribution is -2.36. The fourth-order valence-electron chi connectivity index (χ4n) is 2.60. The zero-order valence-corrected chi connectivity index (χ0v) is 13.7. The van der Waals surface area contributed by atoms with E-state index in [1.165, 1.54) is 11.1 Å². The van der Waals surface area contributed by atoms with Gasteiger partial charge in [-0.1, -0.05) is 12.1 Å². The van der Waals surface area contributed by atoms with Crippen molar-refractivity contribution < 1.29 is 9.53 Å². The zero-order valence-electron chi connectivity index (χ0n) is 13.7. The molecule has 0 fully saturated rings. The molecule has 4 heteroatoms. The Kier molecular flexibility index (Phi) is 4.28. The maximum absolute atomic E-state index is 12.3. The Balaban J connectivity index is 2.27. The Labute approximate surface area is 127 Å². The van der Waals surface area contributed by atoms with Crippen molar-refractivity contribution in [2.24, 2.45) is 5.73 Å². The molecule has 2 N–H and O–H groups in total. The molecule has 0 aromatic heterocycles. The minimum atomic E-state index is -0.475. The van der Waals surface area contributed by atoms with Gasteiger partial charge in [0.15, 0.2) is 0 Å². The van der Waals surface area contributed by atoms with Crippen molar-refractivity contribution in [2.45, 2.75) is 59.2 Å². The summed E-state index contributed by atoms with van der Waals surface area (Å²) >= 11 is 0. The predicted molar refractivity (Wildman–Crippen MR) is 84.1 cm³/mol. The highest BCUT2D eigenvalue weighted by Gasteiger charge is 2.27. The SMILES string of the molecule is Cc1cc2c(cc1C)C(N)CCN(C(=O)OC(C)(C)C)C2. The first kappa shape index (κ1) is 15.8. The van der Waals surface area contributed by atoms with Crippen molar-refractivity contribution in [1.82, 2.24) is 4.90 Å². The summed E-state index contributed by atoms with van der Waals surface area (Å²) in [5.41, 5.74) is 10.6. The van der Waals surface area contributed by atoms with Crippen LogP contribution in [0.4, 0.5) is 4.79 Å². The van der Waals surface area contributed by atoms with Gasteiger partial charge in [-0.05, 0) is 63.3 Å². The number of amides is 1. The molecular formula is C17H26N2O2. The van der Waals surface area contributed by atoms with Gasteiger partial charge >= 0.3 is 6.09 Å². The molecule has 4 nitrogen and oxygen atoms in total. The maximum Gasteiger partial charge on any atom is 0.410 e. The van der Waals surface area contributed by atoms with Crippen molar-refractivity contribution in [3.05, 3.63) is 34.4 Å². The summed E-state index contributed by atoms with van der Waals surface area (Å²) in [6, 6.07) is 4.29. The van der Waals surface area contributed by atoms with Crippen LogP contribution in [0.1, 0.15) is 55.5 Å². The topological polar surface area (TPSA) is 55.6 Å². The highest BCUT2D eigenvalue weighted by Crippen LogP contribution is 2.28. The van der Waals surface area contributed by atoms with Gasteiger partial charge in [0, 0.05) is 19.1 Å². The van der Waals surface area contributed by atoms with Crippen molar-refractivity contribution in [1.29, 1.82) is 0 Å². The van der Waals surface area contributed by atoms with Gasteiger partial charge in [-0.15, -0.1) is 0 Å². The van der Waals surface area contributed by atoms with Gasteiger partial charge in [0.25, 0.3) is 0 Å². The number of carbonyl (C=O) groups excluding carboxylic acids is 1. The van der Waals surface area contributed by atoms with Crippen LogP contribution in [0.25, 0.3) is 0 Å². The van der Waals surface area contributed by atoms with Crippen LogP contribution >= 0.6 is 0 Å². The van der Waals surface area contributed by atoms with E-state index < -0.39 is 5.60 Å². The number of carbonyl (C=O) groups is 1. The zero-order chi connectivity index (χ0) is 15.8. The molecular weight excluding hydrogens is 264 g/mol. The molecule has 1 aliphatic rings. The third-order valence-corrected chi connectivity index (χ3v) is 3.88. The van der Waals surface area contributed by atoms with Crippen LogP contribution in [0, 0.1) is 13.8 Å². The maximum atomic E-state index is 12.3. The molecule has 1 heterocycles. The summed E-state index contributed by atoms with van der Waals surface area (Å²) < 4.78 is 5.48. The van der Waals surface area contributed by atoms with E-state index in [-0.39, 0.29) is 12.1 Å². The van der Waals surface area contributed by atoms with Crippen LogP contribution in [0.15, 0.2) is 12.1 Å². The Morgan fingerprint density at radius 3 is 2.52 bits per heavy atom. The van der Waals surface area contributed by atoms with Crippen LogP contribution in [0.3, 0.4) is 0 Å². The normalized spacial score (nSPS) is 19.0. The standard InChI is InChI=1S/C17H26N2O2/c1-11-8-13-10-19(16(20)21-17(3,4)5)7-6-15(18)14(13)9-12(11)2/h8-9,15H,6-7,10,18H2,1-5H3. The van der Waals surface area contributed by atoms with Crippen LogP contribution in [0.2, 0.25) is 0 Å². The Bertz CT molecular complexity index is 546. The summed E-state index contributed by atoms with van der Waals surface area (Å²) in [6.45, 7) is 11.0. The average molecular weight is 290 g/mol. The third kappa shape index (κ3) is 3.76. The van der Waals surface area contributed by atoms with Gasteiger partial charge in [0.2, 0.25) is 0 Å². The molecule has 0 spiro atoms. The third-order valence-electron chi connectivity index (χ3n) is 3.88. The lowest BCUT2D eigenvalue weighted by atomic mass is 9.95. The quantitative estimate of drug-likeness (QED) is 0.796. The molecule has 0 saturated carbocycles. The second kappa shape index (κ2) is 5.68. The lowest BCUT2D eigenvalue weighted by Gasteiger charge is -2.26. The molecule has 116 valence electrons. The van der Waals surface area contributed by atoms with Crippen LogP contribution in [-0.4, -0.2) is 23.1 Å². The first-order valence-electron chi connectivity index (χ1n) is 7.51. The summed E-state index contributed by atoms with van der Waals surface area (Å²) in [5.74, 6) is 0. The van der Waals surface area contributed by atoms with E-state index in [0.717, 1.165) is 17.5 Å². The Morgan fingerprint density at radius 1 is 1.29 bits per heavy atom. The number of ether oxygens (including phenoxy) is 1. The molecule has 21 heavy (non-hydrogen) atoms.